The van der Waals surface area contributed by atoms with Gasteiger partial charge in [-0.25, -0.2) is 9.37 Å². The molecule has 1 saturated carbocycles. The second-order valence-corrected chi connectivity index (χ2v) is 10.3. The Morgan fingerprint density at radius 1 is 1.25 bits per heavy atom. The third-order valence-electron chi connectivity index (χ3n) is 6.83. The molecule has 3 atom stereocenters. The number of hydrogen-bond acceptors (Lipinski definition) is 7. The number of amides is 2. The average Bonchev–Trinajstić information content (AvgIpc) is 2.94. The number of carbonyl (C=O) groups excluding carboxylic acids is 2. The summed E-state index contributed by atoms with van der Waals surface area (Å²) < 4.78 is 13.6. The molecule has 214 valence electrons. The van der Waals surface area contributed by atoms with Crippen LogP contribution in [0.2, 0.25) is 0 Å². The van der Waals surface area contributed by atoms with E-state index in [-0.39, 0.29) is 29.6 Å². The summed E-state index contributed by atoms with van der Waals surface area (Å²) >= 11 is 0. The van der Waals surface area contributed by atoms with Crippen molar-refractivity contribution in [3.63, 3.8) is 0 Å². The number of benzene rings is 1. The van der Waals surface area contributed by atoms with Gasteiger partial charge in [0.2, 0.25) is 17.8 Å². The van der Waals surface area contributed by atoms with Gasteiger partial charge in [0.1, 0.15) is 17.7 Å². The first-order chi connectivity index (χ1) is 19.2. The zero-order chi connectivity index (χ0) is 29.1. The fourth-order valence-corrected chi connectivity index (χ4v) is 4.36. The highest BCUT2D eigenvalue weighted by molar-refractivity contribution is 5.92. The van der Waals surface area contributed by atoms with Gasteiger partial charge in [0, 0.05) is 45.2 Å². The molecule has 1 aromatic carbocycles. The SMILES string of the molecule is CNc1ncc(C#C[C@@H]2CCCC(NC(=O)[C@H](C)N(C)C(=O)/C=C/CN(C)C)C2)c(NCc2cccc(F)c2)n1. The maximum Gasteiger partial charge on any atom is 0.246 e. The molecule has 1 unspecified atom stereocenters. The molecule has 1 aliphatic rings. The van der Waals surface area contributed by atoms with E-state index in [1.54, 1.807) is 39.4 Å². The fourth-order valence-electron chi connectivity index (χ4n) is 4.36. The van der Waals surface area contributed by atoms with Gasteiger partial charge in [0.05, 0.1) is 11.8 Å². The topological polar surface area (TPSA) is 102 Å². The maximum absolute atomic E-state index is 13.6. The molecule has 1 fully saturated rings. The van der Waals surface area contributed by atoms with Crippen LogP contribution in [0.25, 0.3) is 0 Å². The second-order valence-electron chi connectivity index (χ2n) is 10.3. The molecule has 3 rings (SSSR count). The number of nitrogens with one attached hydrogen (secondary N) is 3. The van der Waals surface area contributed by atoms with E-state index in [0.717, 1.165) is 31.2 Å². The van der Waals surface area contributed by atoms with Crippen molar-refractivity contribution in [2.24, 2.45) is 5.92 Å². The maximum atomic E-state index is 13.6. The van der Waals surface area contributed by atoms with Crippen LogP contribution in [0, 0.1) is 23.6 Å². The summed E-state index contributed by atoms with van der Waals surface area (Å²) in [5, 5.41) is 9.29. The minimum atomic E-state index is -0.586. The molecular formula is C30H40FN7O2. The summed E-state index contributed by atoms with van der Waals surface area (Å²) in [4.78, 5) is 37.6. The summed E-state index contributed by atoms with van der Waals surface area (Å²) in [6.07, 6.45) is 8.44. The molecule has 0 saturated heterocycles. The van der Waals surface area contributed by atoms with Crippen LogP contribution in [0.4, 0.5) is 16.2 Å². The largest absolute Gasteiger partial charge is 0.365 e. The van der Waals surface area contributed by atoms with E-state index >= 15 is 0 Å². The van der Waals surface area contributed by atoms with Gasteiger partial charge < -0.3 is 25.8 Å². The molecule has 2 aromatic rings. The number of halogens is 1. The highest BCUT2D eigenvalue weighted by Gasteiger charge is 2.26. The molecule has 1 aliphatic carbocycles. The number of nitrogens with zero attached hydrogens (tertiary/aromatic N) is 4. The minimum Gasteiger partial charge on any atom is -0.365 e. The Balaban J connectivity index is 1.61. The summed E-state index contributed by atoms with van der Waals surface area (Å²) in [6, 6.07) is 5.81. The van der Waals surface area contributed by atoms with Crippen molar-refractivity contribution in [3.05, 3.63) is 59.6 Å². The quantitative estimate of drug-likeness (QED) is 0.309. The molecule has 0 spiro atoms. The van der Waals surface area contributed by atoms with Gasteiger partial charge in [-0.05, 0) is 58.0 Å². The van der Waals surface area contributed by atoms with E-state index < -0.39 is 6.04 Å². The zero-order valence-electron chi connectivity index (χ0n) is 24.0. The van der Waals surface area contributed by atoms with Gasteiger partial charge >= 0.3 is 0 Å². The van der Waals surface area contributed by atoms with Crippen molar-refractivity contribution in [2.75, 3.05) is 45.4 Å². The van der Waals surface area contributed by atoms with Gasteiger partial charge in [-0.15, -0.1) is 0 Å². The van der Waals surface area contributed by atoms with Crippen LogP contribution in [-0.2, 0) is 16.1 Å². The van der Waals surface area contributed by atoms with E-state index in [9.17, 15) is 14.0 Å². The first kappa shape index (κ1) is 30.6. The molecule has 10 heteroatoms. The van der Waals surface area contributed by atoms with Crippen molar-refractivity contribution in [3.8, 4) is 11.8 Å². The first-order valence-corrected chi connectivity index (χ1v) is 13.6. The van der Waals surface area contributed by atoms with Crippen molar-refractivity contribution in [1.82, 2.24) is 25.1 Å². The zero-order valence-corrected chi connectivity index (χ0v) is 24.0. The van der Waals surface area contributed by atoms with Gasteiger partial charge in [-0.2, -0.15) is 4.98 Å². The average molecular weight is 550 g/mol. The van der Waals surface area contributed by atoms with E-state index in [2.05, 4.69) is 37.8 Å². The fraction of sp³-hybridized carbons (Fsp3) is 0.467. The highest BCUT2D eigenvalue weighted by Crippen LogP contribution is 2.24. The Hall–Kier alpha value is -3.97. The predicted octanol–water partition coefficient (Wildman–Crippen LogP) is 3.26. The van der Waals surface area contributed by atoms with Crippen LogP contribution in [0.3, 0.4) is 0 Å². The predicted molar refractivity (Wildman–Crippen MR) is 156 cm³/mol. The lowest BCUT2D eigenvalue weighted by molar-refractivity contribution is -0.135. The van der Waals surface area contributed by atoms with Crippen LogP contribution >= 0.6 is 0 Å². The Bertz CT molecular complexity index is 1250. The third-order valence-corrected chi connectivity index (χ3v) is 6.83. The van der Waals surface area contributed by atoms with E-state index in [0.29, 0.717) is 30.4 Å². The molecule has 3 N–H and O–H groups in total. The van der Waals surface area contributed by atoms with Crippen molar-refractivity contribution in [1.29, 1.82) is 0 Å². The molecule has 1 heterocycles. The Kier molecular flexibility index (Phi) is 11.5. The lowest BCUT2D eigenvalue weighted by Gasteiger charge is -2.30. The van der Waals surface area contributed by atoms with Gasteiger partial charge in [-0.1, -0.05) is 36.5 Å². The van der Waals surface area contributed by atoms with Crippen molar-refractivity contribution in [2.45, 2.75) is 51.2 Å². The van der Waals surface area contributed by atoms with E-state index in [1.165, 1.54) is 23.1 Å². The summed E-state index contributed by atoms with van der Waals surface area (Å²) in [5.41, 5.74) is 1.44. The van der Waals surface area contributed by atoms with Gasteiger partial charge in [0.25, 0.3) is 0 Å². The molecule has 2 amide bonds. The van der Waals surface area contributed by atoms with E-state index in [4.69, 9.17) is 0 Å². The summed E-state index contributed by atoms with van der Waals surface area (Å²) in [6.45, 7) is 2.78. The van der Waals surface area contributed by atoms with Gasteiger partial charge in [0.15, 0.2) is 0 Å². The Labute approximate surface area is 236 Å². The highest BCUT2D eigenvalue weighted by atomic mass is 19.1. The lowest BCUT2D eigenvalue weighted by Crippen LogP contribution is -2.49. The summed E-state index contributed by atoms with van der Waals surface area (Å²) in [5.74, 6) is 7.03. The number of aromatic nitrogens is 2. The molecule has 9 nitrogen and oxygen atoms in total. The number of likely N-dealkylation sites (N-methyl/N-ethyl adjacent to an activating group) is 2. The minimum absolute atomic E-state index is 0.00993. The number of carbonyl (C=O) groups is 2. The van der Waals surface area contributed by atoms with Crippen LogP contribution in [0.15, 0.2) is 42.6 Å². The number of hydrogen-bond donors (Lipinski definition) is 3. The number of rotatable bonds is 10. The Morgan fingerprint density at radius 3 is 2.77 bits per heavy atom. The van der Waals surface area contributed by atoms with Crippen molar-refractivity contribution < 1.29 is 14.0 Å². The normalized spacial score (nSPS) is 17.6. The molecular weight excluding hydrogens is 509 g/mol. The molecule has 0 bridgehead atoms. The lowest BCUT2D eigenvalue weighted by atomic mass is 9.86. The monoisotopic (exact) mass is 549 g/mol. The van der Waals surface area contributed by atoms with Crippen molar-refractivity contribution >= 4 is 23.6 Å². The third kappa shape index (κ3) is 9.35. The second kappa shape index (κ2) is 15.0. The Morgan fingerprint density at radius 2 is 2.05 bits per heavy atom. The van der Waals surface area contributed by atoms with E-state index in [1.807, 2.05) is 25.1 Å². The van der Waals surface area contributed by atoms with Crippen LogP contribution in [-0.4, -0.2) is 78.4 Å². The van der Waals surface area contributed by atoms with Crippen LogP contribution < -0.4 is 16.0 Å². The number of anilines is 2. The molecule has 0 aliphatic heterocycles. The smallest absolute Gasteiger partial charge is 0.246 e. The van der Waals surface area contributed by atoms with Gasteiger partial charge in [-0.3, -0.25) is 9.59 Å². The standard InChI is InChI=1S/C30H40FN7O2/c1-21(38(5)27(39)13-8-16-37(3)4)29(40)35-26-12-7-9-22(18-26)14-15-24-20-34-30(32-2)36-28(24)33-19-23-10-6-11-25(31)17-23/h6,8,10-11,13,17,20-22,26H,7,9,12,16,18-19H2,1-5H3,(H,35,40)(H2,32,33,34,36)/b13-8+/t21-,22-,26?/m0/s1. The molecule has 1 aromatic heterocycles. The van der Waals surface area contributed by atoms with Crippen LogP contribution in [0.5, 0.6) is 0 Å². The summed E-state index contributed by atoms with van der Waals surface area (Å²) in [7, 11) is 7.23. The molecule has 0 radical (unpaired) electrons. The molecule has 40 heavy (non-hydrogen) atoms. The van der Waals surface area contributed by atoms with Crippen LogP contribution in [0.1, 0.15) is 43.7 Å². The first-order valence-electron chi connectivity index (χ1n) is 13.6.